The molecule has 86 valence electrons. The molecule has 3 nitrogen and oxygen atoms in total. The van der Waals surface area contributed by atoms with E-state index in [9.17, 15) is 4.79 Å². The van der Waals surface area contributed by atoms with Crippen LogP contribution in [0.25, 0.3) is 0 Å². The number of alkyl carbamates (subject to hydrolysis) is 1. The van der Waals surface area contributed by atoms with Gasteiger partial charge in [-0.1, -0.05) is 23.7 Å². The Morgan fingerprint density at radius 1 is 1.56 bits per heavy atom. The number of carbonyl (C=O) groups is 1. The van der Waals surface area contributed by atoms with Crippen LogP contribution in [0.2, 0.25) is 5.02 Å². The number of carbonyl (C=O) groups excluding carboxylic acids is 1. The van der Waals surface area contributed by atoms with E-state index in [1.807, 2.05) is 24.3 Å². The zero-order chi connectivity index (χ0) is 11.6. The smallest absolute Gasteiger partial charge is 0.406 e. The van der Waals surface area contributed by atoms with Gasteiger partial charge in [-0.3, -0.25) is 0 Å². The molecule has 0 bridgehead atoms. The van der Waals surface area contributed by atoms with Crippen LogP contribution in [0.5, 0.6) is 0 Å². The first-order chi connectivity index (χ1) is 7.66. The SMILES string of the molecule is CNC(=O)OCC1(c2cccc(Cl)c2)CC1. The van der Waals surface area contributed by atoms with Crippen molar-refractivity contribution in [2.24, 2.45) is 0 Å². The van der Waals surface area contributed by atoms with Crippen LogP contribution < -0.4 is 5.32 Å². The van der Waals surface area contributed by atoms with Gasteiger partial charge in [-0.15, -0.1) is 0 Å². The molecule has 1 N–H and O–H groups in total. The Bertz CT molecular complexity index is 402. The lowest BCUT2D eigenvalue weighted by atomic mass is 9.97. The van der Waals surface area contributed by atoms with Gasteiger partial charge in [0, 0.05) is 17.5 Å². The van der Waals surface area contributed by atoms with Crippen molar-refractivity contribution in [1.29, 1.82) is 0 Å². The molecule has 0 spiro atoms. The van der Waals surface area contributed by atoms with Crippen LogP contribution >= 0.6 is 11.6 Å². The number of halogens is 1. The maximum Gasteiger partial charge on any atom is 0.406 e. The maximum absolute atomic E-state index is 11.0. The number of benzene rings is 1. The van der Waals surface area contributed by atoms with E-state index < -0.39 is 0 Å². The van der Waals surface area contributed by atoms with E-state index in [4.69, 9.17) is 16.3 Å². The average molecular weight is 240 g/mol. The van der Waals surface area contributed by atoms with E-state index in [0.717, 1.165) is 23.4 Å². The largest absolute Gasteiger partial charge is 0.449 e. The van der Waals surface area contributed by atoms with Gasteiger partial charge in [0.2, 0.25) is 0 Å². The third-order valence-electron chi connectivity index (χ3n) is 2.97. The molecule has 1 saturated carbocycles. The number of rotatable bonds is 3. The van der Waals surface area contributed by atoms with Gasteiger partial charge < -0.3 is 10.1 Å². The summed E-state index contributed by atoms with van der Waals surface area (Å²) in [6.07, 6.45) is 1.71. The molecule has 1 aromatic rings. The summed E-state index contributed by atoms with van der Waals surface area (Å²) in [5.41, 5.74) is 1.15. The maximum atomic E-state index is 11.0. The van der Waals surface area contributed by atoms with Crippen molar-refractivity contribution in [1.82, 2.24) is 5.32 Å². The van der Waals surface area contributed by atoms with Gasteiger partial charge in [-0.05, 0) is 30.5 Å². The molecule has 0 heterocycles. The molecule has 1 aliphatic carbocycles. The summed E-state index contributed by atoms with van der Waals surface area (Å²) < 4.78 is 5.12. The van der Waals surface area contributed by atoms with Gasteiger partial charge in [-0.25, -0.2) is 4.79 Å². The zero-order valence-electron chi connectivity index (χ0n) is 9.13. The van der Waals surface area contributed by atoms with Gasteiger partial charge in [0.25, 0.3) is 0 Å². The quantitative estimate of drug-likeness (QED) is 0.881. The molecular formula is C12H14ClNO2. The van der Waals surface area contributed by atoms with Crippen molar-refractivity contribution < 1.29 is 9.53 Å². The van der Waals surface area contributed by atoms with Crippen LogP contribution in [0.1, 0.15) is 18.4 Å². The molecule has 16 heavy (non-hydrogen) atoms. The van der Waals surface area contributed by atoms with Gasteiger partial charge in [0.05, 0.1) is 0 Å². The molecule has 1 aromatic carbocycles. The number of hydrogen-bond acceptors (Lipinski definition) is 2. The van der Waals surface area contributed by atoms with E-state index in [1.54, 1.807) is 7.05 Å². The molecule has 1 aliphatic rings. The Balaban J connectivity index is 2.05. The predicted molar refractivity (Wildman–Crippen MR) is 62.8 cm³/mol. The van der Waals surface area contributed by atoms with Crippen LogP contribution in [0, 0.1) is 0 Å². The summed E-state index contributed by atoms with van der Waals surface area (Å²) in [6, 6.07) is 7.76. The minimum Gasteiger partial charge on any atom is -0.449 e. The molecule has 0 saturated heterocycles. The van der Waals surface area contributed by atoms with Crippen LogP contribution in [0.3, 0.4) is 0 Å². The lowest BCUT2D eigenvalue weighted by Crippen LogP contribution is -2.25. The Labute approximate surface area is 99.7 Å². The lowest BCUT2D eigenvalue weighted by Gasteiger charge is -2.15. The third-order valence-corrected chi connectivity index (χ3v) is 3.21. The fraction of sp³-hybridized carbons (Fsp3) is 0.417. The highest BCUT2D eigenvalue weighted by Gasteiger charge is 2.45. The van der Waals surface area contributed by atoms with Gasteiger partial charge in [0.1, 0.15) is 6.61 Å². The highest BCUT2D eigenvalue weighted by Crippen LogP contribution is 2.48. The third kappa shape index (κ3) is 2.30. The number of nitrogens with one attached hydrogen (secondary N) is 1. The molecule has 0 atom stereocenters. The molecule has 2 rings (SSSR count). The Morgan fingerprint density at radius 3 is 2.88 bits per heavy atom. The molecule has 0 radical (unpaired) electrons. The van der Waals surface area contributed by atoms with Crippen LogP contribution in [0.15, 0.2) is 24.3 Å². The lowest BCUT2D eigenvalue weighted by molar-refractivity contribution is 0.137. The van der Waals surface area contributed by atoms with Crippen molar-refractivity contribution >= 4 is 17.7 Å². The summed E-state index contributed by atoms with van der Waals surface area (Å²) in [5.74, 6) is 0. The molecule has 0 unspecified atom stereocenters. The highest BCUT2D eigenvalue weighted by atomic mass is 35.5. The Hall–Kier alpha value is -1.22. The number of ether oxygens (including phenoxy) is 1. The topological polar surface area (TPSA) is 38.3 Å². The standard InChI is InChI=1S/C12H14ClNO2/c1-14-11(15)16-8-12(5-6-12)9-3-2-4-10(13)7-9/h2-4,7H,5-6,8H2,1H3,(H,14,15). The normalized spacial score (nSPS) is 16.6. The van der Waals surface area contributed by atoms with Crippen molar-refractivity contribution in [2.75, 3.05) is 13.7 Å². The second-order valence-corrected chi connectivity index (χ2v) is 4.55. The minimum atomic E-state index is -0.381. The number of hydrogen-bond donors (Lipinski definition) is 1. The Morgan fingerprint density at radius 2 is 2.31 bits per heavy atom. The van der Waals surface area contributed by atoms with Crippen LogP contribution in [0.4, 0.5) is 4.79 Å². The molecule has 4 heteroatoms. The monoisotopic (exact) mass is 239 g/mol. The fourth-order valence-electron chi connectivity index (χ4n) is 1.76. The second-order valence-electron chi connectivity index (χ2n) is 4.12. The summed E-state index contributed by atoms with van der Waals surface area (Å²) in [6.45, 7) is 0.424. The van der Waals surface area contributed by atoms with Gasteiger partial charge >= 0.3 is 6.09 Å². The summed E-state index contributed by atoms with van der Waals surface area (Å²) in [4.78, 5) is 11.0. The summed E-state index contributed by atoms with van der Waals surface area (Å²) >= 11 is 5.95. The molecule has 0 aliphatic heterocycles. The Kier molecular flexibility index (Phi) is 3.06. The van der Waals surface area contributed by atoms with E-state index in [1.165, 1.54) is 0 Å². The predicted octanol–water partition coefficient (Wildman–Crippen LogP) is 2.73. The number of amides is 1. The van der Waals surface area contributed by atoms with Crippen molar-refractivity contribution in [3.05, 3.63) is 34.9 Å². The molecular weight excluding hydrogens is 226 g/mol. The van der Waals surface area contributed by atoms with Crippen molar-refractivity contribution in [3.8, 4) is 0 Å². The molecule has 1 amide bonds. The van der Waals surface area contributed by atoms with Crippen LogP contribution in [-0.2, 0) is 10.2 Å². The summed E-state index contributed by atoms with van der Waals surface area (Å²) in [5, 5.41) is 3.17. The second kappa shape index (κ2) is 4.34. The van der Waals surface area contributed by atoms with Crippen molar-refractivity contribution in [3.63, 3.8) is 0 Å². The van der Waals surface area contributed by atoms with Crippen molar-refractivity contribution in [2.45, 2.75) is 18.3 Å². The first kappa shape index (κ1) is 11.3. The minimum absolute atomic E-state index is 0.00257. The van der Waals surface area contributed by atoms with Gasteiger partial charge in [-0.2, -0.15) is 0 Å². The molecule has 0 aromatic heterocycles. The zero-order valence-corrected chi connectivity index (χ0v) is 9.88. The van der Waals surface area contributed by atoms with E-state index in [2.05, 4.69) is 5.32 Å². The average Bonchev–Trinajstić information content (AvgIpc) is 3.07. The van der Waals surface area contributed by atoms with E-state index in [-0.39, 0.29) is 11.5 Å². The first-order valence-corrected chi connectivity index (χ1v) is 5.65. The highest BCUT2D eigenvalue weighted by molar-refractivity contribution is 6.30. The van der Waals surface area contributed by atoms with E-state index in [0.29, 0.717) is 6.61 Å². The fourth-order valence-corrected chi connectivity index (χ4v) is 1.95. The van der Waals surface area contributed by atoms with Gasteiger partial charge in [0.15, 0.2) is 0 Å². The molecule has 1 fully saturated rings. The first-order valence-electron chi connectivity index (χ1n) is 5.27. The van der Waals surface area contributed by atoms with E-state index >= 15 is 0 Å². The summed E-state index contributed by atoms with van der Waals surface area (Å²) in [7, 11) is 1.56. The van der Waals surface area contributed by atoms with Crippen LogP contribution in [-0.4, -0.2) is 19.7 Å².